The minimum atomic E-state index is -0.0663. The molecule has 0 radical (unpaired) electrons. The molecule has 0 N–H and O–H groups in total. The Bertz CT molecular complexity index is 547. The number of ether oxygens (including phenoxy) is 1. The molecule has 0 atom stereocenters. The summed E-state index contributed by atoms with van der Waals surface area (Å²) in [6.45, 7) is 2.20. The third kappa shape index (κ3) is 2.11. The van der Waals surface area contributed by atoms with Crippen LogP contribution in [-0.4, -0.2) is 21.9 Å². The minimum Gasteiger partial charge on any atom is -0.481 e. The van der Waals surface area contributed by atoms with Gasteiger partial charge in [0.05, 0.1) is 13.7 Å². The van der Waals surface area contributed by atoms with Crippen LogP contribution in [0.5, 0.6) is 5.88 Å². The lowest BCUT2D eigenvalue weighted by Crippen LogP contribution is -2.16. The molecule has 84 valence electrons. The van der Waals surface area contributed by atoms with Crippen molar-refractivity contribution in [3.05, 3.63) is 38.6 Å². The quantitative estimate of drug-likeness (QED) is 0.801. The molecule has 0 saturated heterocycles. The van der Waals surface area contributed by atoms with E-state index in [1.807, 2.05) is 19.1 Å². The Morgan fingerprint density at radius 2 is 2.38 bits per heavy atom. The van der Waals surface area contributed by atoms with E-state index >= 15 is 0 Å². The number of methoxy groups -OCH3 is 1. The molecule has 6 heteroatoms. The first-order valence-corrected chi connectivity index (χ1v) is 5.55. The van der Waals surface area contributed by atoms with Crippen LogP contribution in [0, 0.1) is 6.92 Å². The Balaban J connectivity index is 2.33. The topological polar surface area (TPSA) is 57.0 Å². The van der Waals surface area contributed by atoms with E-state index in [2.05, 4.69) is 10.1 Å². The van der Waals surface area contributed by atoms with E-state index in [0.717, 1.165) is 21.9 Å². The summed E-state index contributed by atoms with van der Waals surface area (Å²) < 4.78 is 6.53. The number of aromatic nitrogens is 3. The van der Waals surface area contributed by atoms with Gasteiger partial charge in [0.15, 0.2) is 0 Å². The van der Waals surface area contributed by atoms with E-state index in [1.165, 1.54) is 4.68 Å². The Morgan fingerprint density at radius 1 is 1.56 bits per heavy atom. The number of pyridine rings is 1. The highest BCUT2D eigenvalue weighted by atomic mass is 32.1. The molecule has 0 spiro atoms. The summed E-state index contributed by atoms with van der Waals surface area (Å²) in [4.78, 5) is 15.5. The molecule has 0 aliphatic heterocycles. The SMILES string of the molecule is COc1ncccc1Cn1nc(C)sc1=O. The standard InChI is InChI=1S/C10H11N3O2S/c1-7-12-13(10(14)16-7)6-8-4-3-5-11-9(8)15-2/h3-5H,6H2,1-2H3. The molecule has 2 aromatic rings. The fourth-order valence-electron chi connectivity index (χ4n) is 1.40. The van der Waals surface area contributed by atoms with Crippen LogP contribution in [0.1, 0.15) is 10.6 Å². The highest BCUT2D eigenvalue weighted by Crippen LogP contribution is 2.14. The van der Waals surface area contributed by atoms with E-state index in [-0.39, 0.29) is 4.87 Å². The van der Waals surface area contributed by atoms with Crippen LogP contribution in [-0.2, 0) is 6.54 Å². The smallest absolute Gasteiger partial charge is 0.325 e. The Kier molecular flexibility index (Phi) is 3.00. The average molecular weight is 237 g/mol. The monoisotopic (exact) mass is 237 g/mol. The number of hydrogen-bond acceptors (Lipinski definition) is 5. The lowest BCUT2D eigenvalue weighted by molar-refractivity contribution is 0.390. The molecule has 0 aromatic carbocycles. The molecule has 2 rings (SSSR count). The summed E-state index contributed by atoms with van der Waals surface area (Å²) in [5.74, 6) is 0.528. The highest BCUT2D eigenvalue weighted by Gasteiger charge is 2.08. The molecule has 0 amide bonds. The maximum Gasteiger partial charge on any atom is 0.325 e. The van der Waals surface area contributed by atoms with Gasteiger partial charge in [0.1, 0.15) is 5.01 Å². The van der Waals surface area contributed by atoms with Gasteiger partial charge in [-0.3, -0.25) is 4.79 Å². The van der Waals surface area contributed by atoms with Crippen LogP contribution in [0.3, 0.4) is 0 Å². The normalized spacial score (nSPS) is 10.4. The second kappa shape index (κ2) is 4.44. The molecule has 0 aliphatic rings. The van der Waals surface area contributed by atoms with E-state index < -0.39 is 0 Å². The van der Waals surface area contributed by atoms with Crippen LogP contribution >= 0.6 is 11.3 Å². The highest BCUT2D eigenvalue weighted by molar-refractivity contribution is 7.08. The zero-order valence-corrected chi connectivity index (χ0v) is 9.82. The molecule has 0 unspecified atom stereocenters. The fraction of sp³-hybridized carbons (Fsp3) is 0.300. The molecule has 0 bridgehead atoms. The van der Waals surface area contributed by atoms with Crippen LogP contribution in [0.25, 0.3) is 0 Å². The summed E-state index contributed by atoms with van der Waals surface area (Å²) in [6, 6.07) is 3.68. The lowest BCUT2D eigenvalue weighted by atomic mass is 10.3. The van der Waals surface area contributed by atoms with Crippen LogP contribution in [0.2, 0.25) is 0 Å². The number of rotatable bonds is 3. The predicted octanol–water partition coefficient (Wildman–Crippen LogP) is 1.07. The average Bonchev–Trinajstić information content (AvgIpc) is 2.58. The van der Waals surface area contributed by atoms with Crippen LogP contribution in [0.15, 0.2) is 23.1 Å². The van der Waals surface area contributed by atoms with Gasteiger partial charge < -0.3 is 4.74 Å². The van der Waals surface area contributed by atoms with Crippen molar-refractivity contribution in [2.24, 2.45) is 0 Å². The lowest BCUT2D eigenvalue weighted by Gasteiger charge is -2.05. The van der Waals surface area contributed by atoms with Crippen molar-refractivity contribution >= 4 is 11.3 Å². The molecule has 0 fully saturated rings. The molecule has 2 aromatic heterocycles. The van der Waals surface area contributed by atoms with Crippen LogP contribution < -0.4 is 9.61 Å². The second-order valence-corrected chi connectivity index (χ2v) is 4.36. The summed E-state index contributed by atoms with van der Waals surface area (Å²) in [5.41, 5.74) is 0.845. The van der Waals surface area contributed by atoms with Gasteiger partial charge >= 0.3 is 4.87 Å². The zero-order chi connectivity index (χ0) is 11.5. The number of aryl methyl sites for hydroxylation is 1. The molecule has 0 saturated carbocycles. The third-order valence-electron chi connectivity index (χ3n) is 2.07. The Labute approximate surface area is 96.3 Å². The third-order valence-corrected chi connectivity index (χ3v) is 2.83. The van der Waals surface area contributed by atoms with Gasteiger partial charge in [-0.05, 0) is 13.0 Å². The molecule has 5 nitrogen and oxygen atoms in total. The molecule has 0 aliphatic carbocycles. The van der Waals surface area contributed by atoms with Crippen molar-refractivity contribution in [2.75, 3.05) is 7.11 Å². The van der Waals surface area contributed by atoms with Gasteiger partial charge in [0, 0.05) is 11.8 Å². The Morgan fingerprint density at radius 3 is 3.00 bits per heavy atom. The van der Waals surface area contributed by atoms with Gasteiger partial charge in [-0.1, -0.05) is 17.4 Å². The van der Waals surface area contributed by atoms with Gasteiger partial charge in [-0.25, -0.2) is 9.67 Å². The number of hydrogen-bond donors (Lipinski definition) is 0. The minimum absolute atomic E-state index is 0.0663. The first-order chi connectivity index (χ1) is 7.70. The maximum atomic E-state index is 11.5. The summed E-state index contributed by atoms with van der Waals surface area (Å²) in [6.07, 6.45) is 1.65. The van der Waals surface area contributed by atoms with Crippen molar-refractivity contribution in [3.63, 3.8) is 0 Å². The first kappa shape index (κ1) is 10.8. The van der Waals surface area contributed by atoms with Gasteiger partial charge in [-0.2, -0.15) is 5.10 Å². The summed E-state index contributed by atoms with van der Waals surface area (Å²) in [5, 5.41) is 4.88. The van der Waals surface area contributed by atoms with Crippen molar-refractivity contribution in [3.8, 4) is 5.88 Å². The first-order valence-electron chi connectivity index (χ1n) is 4.73. The van der Waals surface area contributed by atoms with Crippen molar-refractivity contribution in [2.45, 2.75) is 13.5 Å². The molecule has 16 heavy (non-hydrogen) atoms. The predicted molar refractivity (Wildman–Crippen MR) is 61.0 cm³/mol. The molecule has 2 heterocycles. The molecular weight excluding hydrogens is 226 g/mol. The fourth-order valence-corrected chi connectivity index (χ4v) is 2.00. The summed E-state index contributed by atoms with van der Waals surface area (Å²) in [7, 11) is 1.56. The van der Waals surface area contributed by atoms with Crippen molar-refractivity contribution in [1.29, 1.82) is 0 Å². The summed E-state index contributed by atoms with van der Waals surface area (Å²) >= 11 is 1.14. The largest absolute Gasteiger partial charge is 0.481 e. The Hall–Kier alpha value is -1.69. The van der Waals surface area contributed by atoms with E-state index in [9.17, 15) is 4.79 Å². The van der Waals surface area contributed by atoms with Gasteiger partial charge in [-0.15, -0.1) is 0 Å². The van der Waals surface area contributed by atoms with Gasteiger partial charge in [0.2, 0.25) is 5.88 Å². The maximum absolute atomic E-state index is 11.5. The number of nitrogens with zero attached hydrogens (tertiary/aromatic N) is 3. The van der Waals surface area contributed by atoms with Crippen molar-refractivity contribution < 1.29 is 4.74 Å². The zero-order valence-electron chi connectivity index (χ0n) is 9.01. The van der Waals surface area contributed by atoms with Crippen molar-refractivity contribution in [1.82, 2.24) is 14.8 Å². The van der Waals surface area contributed by atoms with E-state index in [0.29, 0.717) is 12.4 Å². The van der Waals surface area contributed by atoms with Gasteiger partial charge in [0.25, 0.3) is 0 Å². The van der Waals surface area contributed by atoms with E-state index in [4.69, 9.17) is 4.74 Å². The molecular formula is C10H11N3O2S. The second-order valence-electron chi connectivity index (χ2n) is 3.22. The van der Waals surface area contributed by atoms with E-state index in [1.54, 1.807) is 13.3 Å². The van der Waals surface area contributed by atoms with Crippen LogP contribution in [0.4, 0.5) is 0 Å².